The Balaban J connectivity index is 1.70. The summed E-state index contributed by atoms with van der Waals surface area (Å²) in [6.45, 7) is 4.77. The summed E-state index contributed by atoms with van der Waals surface area (Å²) in [6.07, 6.45) is 5.61. The highest BCUT2D eigenvalue weighted by Crippen LogP contribution is 2.26. The molecule has 2 heterocycles. The Labute approximate surface area is 164 Å². The molecule has 1 aliphatic rings. The highest BCUT2D eigenvalue weighted by molar-refractivity contribution is 5.98. The number of nitrogens with zero attached hydrogens (tertiary/aromatic N) is 4. The lowest BCUT2D eigenvalue weighted by Gasteiger charge is -2.36. The number of hydrogen-bond donors (Lipinski definition) is 2. The highest BCUT2D eigenvalue weighted by atomic mass is 16.4. The SMILES string of the molecule is CCCCC(=O)Nc1ccc(N2CCN(c3ncccn3)CC2)c(C(=O)O)c1. The molecule has 2 aromatic rings. The van der Waals surface area contributed by atoms with Crippen LogP contribution in [0.3, 0.4) is 0 Å². The molecule has 1 fully saturated rings. The molecule has 1 amide bonds. The van der Waals surface area contributed by atoms with Gasteiger partial charge in [-0.05, 0) is 30.7 Å². The largest absolute Gasteiger partial charge is 0.478 e. The van der Waals surface area contributed by atoms with Gasteiger partial charge in [0.1, 0.15) is 0 Å². The smallest absolute Gasteiger partial charge is 0.337 e. The summed E-state index contributed by atoms with van der Waals surface area (Å²) in [5.74, 6) is -0.415. The predicted octanol–water partition coefficient (Wildman–Crippen LogP) is 2.63. The van der Waals surface area contributed by atoms with Crippen LogP contribution in [0.1, 0.15) is 36.5 Å². The number of carboxylic acid groups (broad SMARTS) is 1. The average Bonchev–Trinajstić information content (AvgIpc) is 2.73. The number of nitrogens with one attached hydrogen (secondary N) is 1. The van der Waals surface area contributed by atoms with E-state index in [2.05, 4.69) is 20.2 Å². The minimum atomic E-state index is -1.01. The van der Waals surface area contributed by atoms with Crippen LogP contribution in [-0.2, 0) is 4.79 Å². The first kappa shape index (κ1) is 19.6. The van der Waals surface area contributed by atoms with Gasteiger partial charge in [0.05, 0.1) is 11.3 Å². The quantitative estimate of drug-likeness (QED) is 0.758. The normalized spacial score (nSPS) is 14.0. The molecule has 0 radical (unpaired) electrons. The number of hydrogen-bond acceptors (Lipinski definition) is 6. The molecule has 0 bridgehead atoms. The molecule has 0 atom stereocenters. The number of aromatic carboxylic acids is 1. The predicted molar refractivity (Wildman–Crippen MR) is 108 cm³/mol. The van der Waals surface area contributed by atoms with Gasteiger partial charge in [0.15, 0.2) is 0 Å². The molecule has 0 spiro atoms. The van der Waals surface area contributed by atoms with Crippen molar-refractivity contribution in [1.82, 2.24) is 9.97 Å². The van der Waals surface area contributed by atoms with Crippen molar-refractivity contribution >= 4 is 29.2 Å². The summed E-state index contributed by atoms with van der Waals surface area (Å²) in [4.78, 5) is 36.4. The first-order valence-electron chi connectivity index (χ1n) is 9.52. The van der Waals surface area contributed by atoms with E-state index in [0.717, 1.165) is 12.8 Å². The monoisotopic (exact) mass is 383 g/mol. The lowest BCUT2D eigenvalue weighted by molar-refractivity contribution is -0.116. The number of anilines is 3. The first-order chi connectivity index (χ1) is 13.6. The second-order valence-electron chi connectivity index (χ2n) is 6.71. The average molecular weight is 383 g/mol. The van der Waals surface area contributed by atoms with Gasteiger partial charge in [0, 0.05) is 50.7 Å². The second-order valence-corrected chi connectivity index (χ2v) is 6.71. The molecule has 1 aromatic heterocycles. The fourth-order valence-corrected chi connectivity index (χ4v) is 3.22. The van der Waals surface area contributed by atoms with Gasteiger partial charge in [-0.25, -0.2) is 14.8 Å². The molecule has 0 aliphatic carbocycles. The van der Waals surface area contributed by atoms with Crippen molar-refractivity contribution in [2.75, 3.05) is 41.3 Å². The Morgan fingerprint density at radius 3 is 2.43 bits per heavy atom. The number of carboxylic acids is 1. The Morgan fingerprint density at radius 1 is 1.11 bits per heavy atom. The maximum Gasteiger partial charge on any atom is 0.337 e. The lowest BCUT2D eigenvalue weighted by atomic mass is 10.1. The van der Waals surface area contributed by atoms with Crippen LogP contribution in [0.5, 0.6) is 0 Å². The fraction of sp³-hybridized carbons (Fsp3) is 0.400. The molecule has 3 rings (SSSR count). The summed E-state index contributed by atoms with van der Waals surface area (Å²) in [6, 6.07) is 6.85. The standard InChI is InChI=1S/C20H25N5O3/c1-2-3-5-18(26)23-15-6-7-17(16(14-15)19(27)28)24-10-12-25(13-11-24)20-21-8-4-9-22-20/h4,6-9,14H,2-3,5,10-13H2,1H3,(H,23,26)(H,27,28). The number of carbonyl (C=O) groups is 2. The lowest BCUT2D eigenvalue weighted by Crippen LogP contribution is -2.47. The molecule has 0 saturated carbocycles. The van der Waals surface area contributed by atoms with Crippen LogP contribution in [0.4, 0.5) is 17.3 Å². The van der Waals surface area contributed by atoms with Crippen molar-refractivity contribution in [3.8, 4) is 0 Å². The third-order valence-electron chi connectivity index (χ3n) is 4.72. The van der Waals surface area contributed by atoms with Crippen LogP contribution in [0.15, 0.2) is 36.7 Å². The molecule has 1 saturated heterocycles. The molecule has 148 valence electrons. The molecule has 8 nitrogen and oxygen atoms in total. The summed E-state index contributed by atoms with van der Waals surface area (Å²) in [5.41, 5.74) is 1.36. The molecule has 0 unspecified atom stereocenters. The summed E-state index contributed by atoms with van der Waals surface area (Å²) >= 11 is 0. The van der Waals surface area contributed by atoms with Crippen LogP contribution in [0.25, 0.3) is 0 Å². The summed E-state index contributed by atoms with van der Waals surface area (Å²) < 4.78 is 0. The number of amides is 1. The fourth-order valence-electron chi connectivity index (χ4n) is 3.22. The van der Waals surface area contributed by atoms with E-state index < -0.39 is 5.97 Å². The maximum atomic E-state index is 11.9. The zero-order chi connectivity index (χ0) is 19.9. The molecule has 1 aromatic carbocycles. The molecule has 2 N–H and O–H groups in total. The van der Waals surface area contributed by atoms with E-state index >= 15 is 0 Å². The number of aromatic nitrogens is 2. The van der Waals surface area contributed by atoms with E-state index in [1.165, 1.54) is 6.07 Å². The van der Waals surface area contributed by atoms with Gasteiger partial charge >= 0.3 is 5.97 Å². The minimum absolute atomic E-state index is 0.0950. The zero-order valence-corrected chi connectivity index (χ0v) is 16.0. The van der Waals surface area contributed by atoms with Crippen LogP contribution in [0.2, 0.25) is 0 Å². The Bertz CT molecular complexity index is 820. The van der Waals surface area contributed by atoms with Gasteiger partial charge in [-0.2, -0.15) is 0 Å². The maximum absolute atomic E-state index is 11.9. The van der Waals surface area contributed by atoms with Crippen LogP contribution in [0, 0.1) is 0 Å². The van der Waals surface area contributed by atoms with Gasteiger partial charge < -0.3 is 20.2 Å². The van der Waals surface area contributed by atoms with E-state index in [0.29, 0.717) is 49.9 Å². The Hall–Kier alpha value is -3.16. The van der Waals surface area contributed by atoms with Crippen molar-refractivity contribution < 1.29 is 14.7 Å². The van der Waals surface area contributed by atoms with Crippen molar-refractivity contribution in [2.45, 2.75) is 26.2 Å². The Kier molecular flexibility index (Phi) is 6.41. The second kappa shape index (κ2) is 9.16. The highest BCUT2D eigenvalue weighted by Gasteiger charge is 2.23. The molecular formula is C20H25N5O3. The van der Waals surface area contributed by atoms with Gasteiger partial charge in [-0.1, -0.05) is 13.3 Å². The van der Waals surface area contributed by atoms with Crippen LogP contribution < -0.4 is 15.1 Å². The Morgan fingerprint density at radius 2 is 1.79 bits per heavy atom. The third-order valence-corrected chi connectivity index (χ3v) is 4.72. The number of unbranched alkanes of at least 4 members (excludes halogenated alkanes) is 1. The van der Waals surface area contributed by atoms with Crippen LogP contribution >= 0.6 is 0 Å². The van der Waals surface area contributed by atoms with Crippen LogP contribution in [-0.4, -0.2) is 53.1 Å². The molecule has 1 aliphatic heterocycles. The number of benzene rings is 1. The van der Waals surface area contributed by atoms with Crippen molar-refractivity contribution in [2.24, 2.45) is 0 Å². The van der Waals surface area contributed by atoms with Gasteiger partial charge in [0.25, 0.3) is 0 Å². The van der Waals surface area contributed by atoms with E-state index in [4.69, 9.17) is 0 Å². The van der Waals surface area contributed by atoms with Crippen molar-refractivity contribution in [3.63, 3.8) is 0 Å². The number of piperazine rings is 1. The van der Waals surface area contributed by atoms with Crippen molar-refractivity contribution in [3.05, 3.63) is 42.2 Å². The number of carbonyl (C=O) groups excluding carboxylic acids is 1. The number of rotatable bonds is 7. The molecular weight excluding hydrogens is 358 g/mol. The van der Waals surface area contributed by atoms with E-state index in [9.17, 15) is 14.7 Å². The molecule has 28 heavy (non-hydrogen) atoms. The summed E-state index contributed by atoms with van der Waals surface area (Å²) in [5, 5.41) is 12.4. The topological polar surface area (TPSA) is 98.7 Å². The summed E-state index contributed by atoms with van der Waals surface area (Å²) in [7, 11) is 0. The first-order valence-corrected chi connectivity index (χ1v) is 9.52. The minimum Gasteiger partial charge on any atom is -0.478 e. The van der Waals surface area contributed by atoms with Gasteiger partial charge in [-0.15, -0.1) is 0 Å². The van der Waals surface area contributed by atoms with Gasteiger partial charge in [0.2, 0.25) is 11.9 Å². The van der Waals surface area contributed by atoms with Crippen molar-refractivity contribution in [1.29, 1.82) is 0 Å². The van der Waals surface area contributed by atoms with E-state index in [1.807, 2.05) is 11.8 Å². The van der Waals surface area contributed by atoms with Gasteiger partial charge in [-0.3, -0.25) is 4.79 Å². The third kappa shape index (κ3) is 4.76. The van der Waals surface area contributed by atoms with E-state index in [-0.39, 0.29) is 11.5 Å². The molecule has 8 heteroatoms. The zero-order valence-electron chi connectivity index (χ0n) is 16.0. The van der Waals surface area contributed by atoms with E-state index in [1.54, 1.807) is 30.6 Å².